The highest BCUT2D eigenvalue weighted by atomic mass is 79.9. The van der Waals surface area contributed by atoms with Crippen molar-refractivity contribution >= 4 is 56.1 Å². The third-order valence-corrected chi connectivity index (χ3v) is 5.84. The molecule has 142 valence electrons. The summed E-state index contributed by atoms with van der Waals surface area (Å²) in [5, 5.41) is -0.335. The molecule has 0 bridgehead atoms. The van der Waals surface area contributed by atoms with Crippen molar-refractivity contribution in [3.63, 3.8) is 0 Å². The molecule has 8 heteroatoms. The Morgan fingerprint density at radius 2 is 2.04 bits per heavy atom. The van der Waals surface area contributed by atoms with Crippen LogP contribution in [0.2, 0.25) is 5.02 Å². The molecule has 0 aromatic heterocycles. The Bertz CT molecular complexity index is 892. The van der Waals surface area contributed by atoms with Crippen molar-refractivity contribution < 1.29 is 19.1 Å². The maximum absolute atomic E-state index is 12.8. The van der Waals surface area contributed by atoms with Crippen molar-refractivity contribution in [1.29, 1.82) is 0 Å². The number of benzene rings is 2. The van der Waals surface area contributed by atoms with Gasteiger partial charge in [-0.05, 0) is 65.2 Å². The van der Waals surface area contributed by atoms with Crippen LogP contribution in [0.3, 0.4) is 0 Å². The first-order valence-corrected chi connectivity index (χ1v) is 10.3. The molecule has 0 radical (unpaired) electrons. The van der Waals surface area contributed by atoms with E-state index in [0.717, 1.165) is 21.8 Å². The third kappa shape index (κ3) is 4.25. The molecule has 27 heavy (non-hydrogen) atoms. The van der Waals surface area contributed by atoms with Gasteiger partial charge in [0.2, 0.25) is 5.91 Å². The SMILES string of the molecule is CCOc1cc(C[C@H]2SC(=O)N(c3cccc(Cl)c3)C2=O)cc(Br)c1OC. The van der Waals surface area contributed by atoms with E-state index in [9.17, 15) is 9.59 Å². The van der Waals surface area contributed by atoms with Crippen LogP contribution in [0.1, 0.15) is 12.5 Å². The fourth-order valence-electron chi connectivity index (χ4n) is 2.85. The van der Waals surface area contributed by atoms with Gasteiger partial charge in [0.15, 0.2) is 11.5 Å². The van der Waals surface area contributed by atoms with Crippen molar-refractivity contribution in [2.75, 3.05) is 18.6 Å². The van der Waals surface area contributed by atoms with Gasteiger partial charge in [-0.2, -0.15) is 0 Å². The first kappa shape index (κ1) is 20.0. The van der Waals surface area contributed by atoms with Crippen LogP contribution in [0.15, 0.2) is 40.9 Å². The summed E-state index contributed by atoms with van der Waals surface area (Å²) in [7, 11) is 1.57. The van der Waals surface area contributed by atoms with Crippen LogP contribution in [-0.2, 0) is 11.2 Å². The molecule has 5 nitrogen and oxygen atoms in total. The zero-order valence-corrected chi connectivity index (χ0v) is 17.9. The van der Waals surface area contributed by atoms with Crippen LogP contribution in [0.4, 0.5) is 10.5 Å². The number of hydrogen-bond acceptors (Lipinski definition) is 5. The van der Waals surface area contributed by atoms with Gasteiger partial charge < -0.3 is 9.47 Å². The highest BCUT2D eigenvalue weighted by Gasteiger charge is 2.40. The molecule has 2 amide bonds. The molecule has 1 fully saturated rings. The normalized spacial score (nSPS) is 16.7. The van der Waals surface area contributed by atoms with E-state index in [1.807, 2.05) is 19.1 Å². The molecule has 1 atom stereocenters. The number of hydrogen-bond donors (Lipinski definition) is 0. The average molecular weight is 471 g/mol. The molecule has 0 unspecified atom stereocenters. The minimum atomic E-state index is -0.508. The van der Waals surface area contributed by atoms with Gasteiger partial charge in [-0.15, -0.1) is 0 Å². The number of thioether (sulfide) groups is 1. The highest BCUT2D eigenvalue weighted by molar-refractivity contribution is 9.10. The predicted molar refractivity (Wildman–Crippen MR) is 111 cm³/mol. The van der Waals surface area contributed by atoms with E-state index in [1.54, 1.807) is 31.4 Å². The lowest BCUT2D eigenvalue weighted by atomic mass is 10.1. The minimum Gasteiger partial charge on any atom is -0.492 e. The zero-order valence-electron chi connectivity index (χ0n) is 14.7. The van der Waals surface area contributed by atoms with Crippen molar-refractivity contribution in [2.45, 2.75) is 18.6 Å². The van der Waals surface area contributed by atoms with E-state index in [1.165, 1.54) is 4.90 Å². The monoisotopic (exact) mass is 469 g/mol. The van der Waals surface area contributed by atoms with Gasteiger partial charge in [0.05, 0.1) is 29.1 Å². The smallest absolute Gasteiger partial charge is 0.293 e. The largest absolute Gasteiger partial charge is 0.492 e. The quantitative estimate of drug-likeness (QED) is 0.572. The van der Waals surface area contributed by atoms with Crippen molar-refractivity contribution in [2.24, 2.45) is 0 Å². The standard InChI is InChI=1S/C19H17BrClNO4S/c1-3-26-15-8-11(7-14(20)17(15)25-2)9-16-18(23)22(19(24)27-16)13-6-4-5-12(21)10-13/h4-8,10,16H,3,9H2,1-2H3/t16-/m1/s1. The summed E-state index contributed by atoms with van der Waals surface area (Å²) in [5.74, 6) is 0.942. The third-order valence-electron chi connectivity index (χ3n) is 3.98. The van der Waals surface area contributed by atoms with Crippen molar-refractivity contribution in [3.8, 4) is 11.5 Å². The van der Waals surface area contributed by atoms with E-state index >= 15 is 0 Å². The lowest BCUT2D eigenvalue weighted by Crippen LogP contribution is -2.32. The Kier molecular flexibility index (Phi) is 6.34. The second-order valence-electron chi connectivity index (χ2n) is 5.77. The summed E-state index contributed by atoms with van der Waals surface area (Å²) in [5.41, 5.74) is 1.36. The van der Waals surface area contributed by atoms with Gasteiger partial charge in [0, 0.05) is 5.02 Å². The number of anilines is 1. The van der Waals surface area contributed by atoms with Crippen LogP contribution in [0, 0.1) is 0 Å². The van der Waals surface area contributed by atoms with Crippen LogP contribution in [-0.4, -0.2) is 30.1 Å². The fraction of sp³-hybridized carbons (Fsp3) is 0.263. The molecule has 2 aromatic rings. The second kappa shape index (κ2) is 8.54. The van der Waals surface area contributed by atoms with Crippen LogP contribution < -0.4 is 14.4 Å². The lowest BCUT2D eigenvalue weighted by Gasteiger charge is -2.15. The Morgan fingerprint density at radius 1 is 1.26 bits per heavy atom. The summed E-state index contributed by atoms with van der Waals surface area (Å²) in [6.07, 6.45) is 0.398. The Labute approximate surface area is 175 Å². The van der Waals surface area contributed by atoms with Gasteiger partial charge in [-0.1, -0.05) is 29.4 Å². The van der Waals surface area contributed by atoms with E-state index in [-0.39, 0.29) is 11.1 Å². The number of imide groups is 1. The molecule has 1 aliphatic rings. The first-order valence-electron chi connectivity index (χ1n) is 8.24. The molecule has 2 aromatic carbocycles. The van der Waals surface area contributed by atoms with Gasteiger partial charge in [-0.25, -0.2) is 4.90 Å². The van der Waals surface area contributed by atoms with E-state index in [0.29, 0.717) is 35.2 Å². The summed E-state index contributed by atoms with van der Waals surface area (Å²) in [6.45, 7) is 2.38. The van der Waals surface area contributed by atoms with Crippen LogP contribution in [0.25, 0.3) is 0 Å². The number of carbonyl (C=O) groups is 2. The van der Waals surface area contributed by atoms with E-state index < -0.39 is 5.25 Å². The number of amides is 2. The van der Waals surface area contributed by atoms with Gasteiger partial charge >= 0.3 is 0 Å². The molecule has 1 heterocycles. The van der Waals surface area contributed by atoms with Crippen molar-refractivity contribution in [3.05, 3.63) is 51.5 Å². The molecule has 3 rings (SSSR count). The lowest BCUT2D eigenvalue weighted by molar-refractivity contribution is -0.117. The topological polar surface area (TPSA) is 55.8 Å². The van der Waals surface area contributed by atoms with Crippen LogP contribution >= 0.6 is 39.3 Å². The molecular formula is C19H17BrClNO4S. The molecule has 0 spiro atoms. The minimum absolute atomic E-state index is 0.253. The summed E-state index contributed by atoms with van der Waals surface area (Å²) in [4.78, 5) is 26.4. The predicted octanol–water partition coefficient (Wildman–Crippen LogP) is 5.32. The van der Waals surface area contributed by atoms with Gasteiger partial charge in [0.1, 0.15) is 0 Å². The van der Waals surface area contributed by atoms with Crippen molar-refractivity contribution in [1.82, 2.24) is 0 Å². The summed E-state index contributed by atoms with van der Waals surface area (Å²) < 4.78 is 11.7. The highest BCUT2D eigenvalue weighted by Crippen LogP contribution is 2.39. The average Bonchev–Trinajstić information content (AvgIpc) is 2.88. The van der Waals surface area contributed by atoms with E-state index in [4.69, 9.17) is 21.1 Å². The maximum atomic E-state index is 12.8. The Morgan fingerprint density at radius 3 is 2.70 bits per heavy atom. The molecule has 0 saturated carbocycles. The van der Waals surface area contributed by atoms with Crippen LogP contribution in [0.5, 0.6) is 11.5 Å². The van der Waals surface area contributed by atoms with Gasteiger partial charge in [0.25, 0.3) is 5.24 Å². The molecule has 1 saturated heterocycles. The van der Waals surface area contributed by atoms with E-state index in [2.05, 4.69) is 15.9 Å². The first-order chi connectivity index (χ1) is 12.9. The number of nitrogens with zero attached hydrogens (tertiary/aromatic N) is 1. The zero-order chi connectivity index (χ0) is 19.6. The van der Waals surface area contributed by atoms with Gasteiger partial charge in [-0.3, -0.25) is 9.59 Å². The fourth-order valence-corrected chi connectivity index (χ4v) is 4.71. The number of carbonyl (C=O) groups excluding carboxylic acids is 2. The molecule has 0 aliphatic carbocycles. The summed E-state index contributed by atoms with van der Waals surface area (Å²) in [6, 6.07) is 10.4. The number of methoxy groups -OCH3 is 1. The maximum Gasteiger partial charge on any atom is 0.293 e. The molecular weight excluding hydrogens is 454 g/mol. The Balaban J connectivity index is 1.84. The Hall–Kier alpha value is -1.70. The molecule has 0 N–H and O–H groups in total. The number of ether oxygens (including phenoxy) is 2. The number of rotatable bonds is 6. The molecule has 1 aliphatic heterocycles. The second-order valence-corrected chi connectivity index (χ2v) is 8.22. The summed E-state index contributed by atoms with van der Waals surface area (Å²) >= 11 is 10.5. The number of halogens is 2.